The molecule has 2 aromatic rings. The number of carbonyl (C=O) groups excluding carboxylic acids is 1. The summed E-state index contributed by atoms with van der Waals surface area (Å²) in [4.78, 5) is 19.2. The number of furan rings is 1. The van der Waals surface area contributed by atoms with Crippen LogP contribution in [0.1, 0.15) is 35.0 Å². The third-order valence-electron chi connectivity index (χ3n) is 4.75. The molecule has 158 valence electrons. The van der Waals surface area contributed by atoms with Crippen LogP contribution in [-0.4, -0.2) is 47.9 Å². The predicted octanol–water partition coefficient (Wildman–Crippen LogP) is 3.73. The van der Waals surface area contributed by atoms with E-state index in [9.17, 15) is 4.79 Å². The predicted molar refractivity (Wildman–Crippen MR) is 130 cm³/mol. The second-order valence-corrected chi connectivity index (χ2v) is 8.12. The Hall–Kier alpha value is -1.68. The second-order valence-electron chi connectivity index (χ2n) is 6.71. The number of nitrogens with zero attached hydrogens (tertiary/aromatic N) is 2. The molecule has 8 heteroatoms. The lowest BCUT2D eigenvalue weighted by molar-refractivity contribution is 0.0948. The Balaban J connectivity index is 0.00000300. The van der Waals surface area contributed by atoms with E-state index in [4.69, 9.17) is 4.42 Å². The Morgan fingerprint density at radius 1 is 1.28 bits per heavy atom. The fraction of sp³-hybridized carbons (Fsp3) is 0.429. The summed E-state index contributed by atoms with van der Waals surface area (Å²) in [5.74, 6) is 2.68. The molecule has 29 heavy (non-hydrogen) atoms. The van der Waals surface area contributed by atoms with Crippen LogP contribution in [0.15, 0.2) is 52.1 Å². The zero-order chi connectivity index (χ0) is 19.8. The molecular weight excluding hydrogens is 499 g/mol. The van der Waals surface area contributed by atoms with Crippen LogP contribution in [0.2, 0.25) is 0 Å². The van der Waals surface area contributed by atoms with Gasteiger partial charge in [0.15, 0.2) is 5.96 Å². The molecular formula is C21H29IN4O2S. The molecule has 0 spiro atoms. The Morgan fingerprint density at radius 2 is 2.14 bits per heavy atom. The number of thioether (sulfide) groups is 1. The van der Waals surface area contributed by atoms with Crippen molar-refractivity contribution >= 4 is 47.6 Å². The molecule has 0 bridgehead atoms. The highest BCUT2D eigenvalue weighted by Gasteiger charge is 2.21. The van der Waals surface area contributed by atoms with Gasteiger partial charge in [-0.2, -0.15) is 11.8 Å². The van der Waals surface area contributed by atoms with Gasteiger partial charge in [-0.05, 0) is 36.2 Å². The summed E-state index contributed by atoms with van der Waals surface area (Å²) in [5, 5.41) is 6.98. The van der Waals surface area contributed by atoms with Crippen molar-refractivity contribution in [2.75, 3.05) is 25.9 Å². The lowest BCUT2D eigenvalue weighted by atomic mass is 10.1. The Kier molecular flexibility index (Phi) is 9.86. The van der Waals surface area contributed by atoms with E-state index < -0.39 is 0 Å². The molecule has 2 N–H and O–H groups in total. The first-order valence-corrected chi connectivity index (χ1v) is 10.7. The largest absolute Gasteiger partial charge is 0.467 e. The molecule has 0 radical (unpaired) electrons. The van der Waals surface area contributed by atoms with Gasteiger partial charge in [-0.25, -0.2) is 0 Å². The summed E-state index contributed by atoms with van der Waals surface area (Å²) in [6, 6.07) is 11.3. The van der Waals surface area contributed by atoms with Crippen molar-refractivity contribution in [3.05, 3.63) is 59.5 Å². The molecule has 1 aromatic carbocycles. The molecule has 0 saturated carbocycles. The minimum absolute atomic E-state index is 0. The van der Waals surface area contributed by atoms with E-state index in [0.29, 0.717) is 23.9 Å². The highest BCUT2D eigenvalue weighted by Crippen LogP contribution is 2.21. The van der Waals surface area contributed by atoms with Gasteiger partial charge >= 0.3 is 0 Å². The van der Waals surface area contributed by atoms with Crippen molar-refractivity contribution in [1.82, 2.24) is 15.5 Å². The monoisotopic (exact) mass is 528 g/mol. The van der Waals surface area contributed by atoms with Crippen LogP contribution in [0, 0.1) is 0 Å². The van der Waals surface area contributed by atoms with Crippen molar-refractivity contribution in [3.8, 4) is 0 Å². The van der Waals surface area contributed by atoms with Crippen molar-refractivity contribution in [2.24, 2.45) is 4.99 Å². The number of rotatable bonds is 6. The first-order chi connectivity index (χ1) is 13.7. The van der Waals surface area contributed by atoms with Crippen LogP contribution in [0.4, 0.5) is 0 Å². The van der Waals surface area contributed by atoms with Crippen LogP contribution in [-0.2, 0) is 13.1 Å². The Morgan fingerprint density at radius 3 is 2.86 bits per heavy atom. The summed E-state index contributed by atoms with van der Waals surface area (Å²) in [7, 11) is 1.82. The van der Waals surface area contributed by atoms with E-state index in [1.165, 1.54) is 6.42 Å². The molecule has 3 rings (SSSR count). The Bertz CT molecular complexity index is 798. The number of nitrogens with one attached hydrogen (secondary N) is 2. The third-order valence-corrected chi connectivity index (χ3v) is 6.12. The van der Waals surface area contributed by atoms with E-state index in [-0.39, 0.29) is 29.9 Å². The zero-order valence-corrected chi connectivity index (χ0v) is 20.0. The number of benzene rings is 1. The highest BCUT2D eigenvalue weighted by molar-refractivity contribution is 14.0. The molecule has 1 aromatic heterocycles. The summed E-state index contributed by atoms with van der Waals surface area (Å²) < 4.78 is 5.25. The average Bonchev–Trinajstić information content (AvgIpc) is 3.26. The van der Waals surface area contributed by atoms with Crippen molar-refractivity contribution < 1.29 is 9.21 Å². The summed E-state index contributed by atoms with van der Waals surface area (Å²) in [6.07, 6.45) is 2.78. The van der Waals surface area contributed by atoms with Gasteiger partial charge in [0.2, 0.25) is 0 Å². The van der Waals surface area contributed by atoms with Gasteiger partial charge in [-0.3, -0.25) is 9.79 Å². The molecule has 0 aliphatic carbocycles. The molecule has 1 saturated heterocycles. The van der Waals surface area contributed by atoms with Crippen molar-refractivity contribution in [1.29, 1.82) is 0 Å². The van der Waals surface area contributed by atoms with Gasteiger partial charge in [0.1, 0.15) is 5.76 Å². The van der Waals surface area contributed by atoms with Crippen molar-refractivity contribution in [2.45, 2.75) is 31.7 Å². The van der Waals surface area contributed by atoms with E-state index in [0.717, 1.165) is 36.1 Å². The maximum Gasteiger partial charge on any atom is 0.251 e. The number of guanidine groups is 1. The van der Waals surface area contributed by atoms with Crippen LogP contribution < -0.4 is 10.6 Å². The summed E-state index contributed by atoms with van der Waals surface area (Å²) in [5.41, 5.74) is 1.69. The first kappa shape index (κ1) is 23.6. The van der Waals surface area contributed by atoms with Gasteiger partial charge in [0, 0.05) is 43.2 Å². The standard InChI is InChI=1S/C21H28N4O2S.HI/c1-3-19-15-25(9-11-28-19)21(22-2)24-13-16-6-4-7-17(12-16)20(26)23-14-18-8-5-10-27-18;/h4-8,10,12,19H,3,9,11,13-15H2,1-2H3,(H,22,24)(H,23,26);1H. The minimum Gasteiger partial charge on any atom is -0.467 e. The van der Waals surface area contributed by atoms with E-state index in [1.54, 1.807) is 6.26 Å². The summed E-state index contributed by atoms with van der Waals surface area (Å²) >= 11 is 2.04. The first-order valence-electron chi connectivity index (χ1n) is 9.66. The van der Waals surface area contributed by atoms with Crippen molar-refractivity contribution in [3.63, 3.8) is 0 Å². The maximum atomic E-state index is 12.4. The molecule has 6 nitrogen and oxygen atoms in total. The second kappa shape index (κ2) is 12.1. The lowest BCUT2D eigenvalue weighted by Crippen LogP contribution is -2.47. The summed E-state index contributed by atoms with van der Waals surface area (Å²) in [6.45, 7) is 5.28. The van der Waals surface area contributed by atoms with Crippen LogP contribution >= 0.6 is 35.7 Å². The maximum absolute atomic E-state index is 12.4. The van der Waals surface area contributed by atoms with Gasteiger partial charge in [0.25, 0.3) is 5.91 Å². The van der Waals surface area contributed by atoms with E-state index in [1.807, 2.05) is 55.2 Å². The SMILES string of the molecule is CCC1CN(C(=NC)NCc2cccc(C(=O)NCc3ccco3)c2)CCS1.I. The fourth-order valence-corrected chi connectivity index (χ4v) is 4.36. The Labute approximate surface area is 193 Å². The van der Waals surface area contributed by atoms with E-state index in [2.05, 4.69) is 27.4 Å². The zero-order valence-electron chi connectivity index (χ0n) is 16.9. The van der Waals surface area contributed by atoms with Crippen LogP contribution in [0.5, 0.6) is 0 Å². The average molecular weight is 528 g/mol. The van der Waals surface area contributed by atoms with E-state index >= 15 is 0 Å². The number of amides is 1. The normalized spacial score (nSPS) is 16.8. The van der Waals surface area contributed by atoms with Gasteiger partial charge in [-0.1, -0.05) is 19.1 Å². The number of hydrogen-bond acceptors (Lipinski definition) is 4. The lowest BCUT2D eigenvalue weighted by Gasteiger charge is -2.34. The van der Waals surface area contributed by atoms with Gasteiger partial charge in [-0.15, -0.1) is 24.0 Å². The van der Waals surface area contributed by atoms with Crippen LogP contribution in [0.25, 0.3) is 0 Å². The number of hydrogen-bond donors (Lipinski definition) is 2. The molecule has 1 fully saturated rings. The molecule has 1 unspecified atom stereocenters. The quantitative estimate of drug-likeness (QED) is 0.340. The molecule has 2 heterocycles. The number of carbonyl (C=O) groups is 1. The van der Waals surface area contributed by atoms with Gasteiger partial charge in [0.05, 0.1) is 12.8 Å². The molecule has 1 amide bonds. The molecule has 1 atom stereocenters. The third kappa shape index (κ3) is 6.95. The fourth-order valence-electron chi connectivity index (χ4n) is 3.18. The minimum atomic E-state index is -0.110. The molecule has 1 aliphatic rings. The molecule has 1 aliphatic heterocycles. The van der Waals surface area contributed by atoms with Crippen LogP contribution in [0.3, 0.4) is 0 Å². The smallest absolute Gasteiger partial charge is 0.251 e. The topological polar surface area (TPSA) is 69.9 Å². The highest BCUT2D eigenvalue weighted by atomic mass is 127. The van der Waals surface area contributed by atoms with Gasteiger partial charge < -0.3 is 20.0 Å². The number of aliphatic imine (C=N–C) groups is 1. The number of halogens is 1.